The van der Waals surface area contributed by atoms with Crippen molar-refractivity contribution in [3.63, 3.8) is 0 Å². The zero-order valence-corrected chi connectivity index (χ0v) is 15.3. The van der Waals surface area contributed by atoms with Gasteiger partial charge in [0.25, 0.3) is 0 Å². The number of rotatable bonds is 5. The molecule has 136 valence electrons. The summed E-state index contributed by atoms with van der Waals surface area (Å²) in [6.07, 6.45) is 6.00. The van der Waals surface area contributed by atoms with Crippen LogP contribution >= 0.6 is 0 Å². The predicted molar refractivity (Wildman–Crippen MR) is 107 cm³/mol. The highest BCUT2D eigenvalue weighted by Crippen LogP contribution is 2.30. The van der Waals surface area contributed by atoms with Crippen LogP contribution in [-0.2, 0) is 0 Å². The Bertz CT molecular complexity index is 1130. The molecule has 0 bridgehead atoms. The van der Waals surface area contributed by atoms with Gasteiger partial charge in [-0.25, -0.2) is 4.98 Å². The van der Waals surface area contributed by atoms with Crippen molar-refractivity contribution in [1.29, 1.82) is 0 Å². The van der Waals surface area contributed by atoms with Crippen molar-refractivity contribution in [2.45, 2.75) is 38.8 Å². The van der Waals surface area contributed by atoms with Gasteiger partial charge in [-0.1, -0.05) is 6.07 Å². The third-order valence-corrected chi connectivity index (χ3v) is 4.76. The molecule has 0 saturated heterocycles. The molecule has 5 rings (SSSR count). The van der Waals surface area contributed by atoms with Gasteiger partial charge in [0.1, 0.15) is 0 Å². The lowest BCUT2D eigenvalue weighted by Gasteiger charge is -2.12. The summed E-state index contributed by atoms with van der Waals surface area (Å²) in [5.74, 6) is 1.36. The second-order valence-electron chi connectivity index (χ2n) is 7.27. The molecule has 1 aliphatic rings. The summed E-state index contributed by atoms with van der Waals surface area (Å²) in [5, 5.41) is 7.91. The number of imidazole rings is 1. The van der Waals surface area contributed by atoms with E-state index in [-0.39, 0.29) is 6.04 Å². The van der Waals surface area contributed by atoms with Crippen LogP contribution in [0, 0.1) is 0 Å². The van der Waals surface area contributed by atoms with E-state index in [2.05, 4.69) is 45.1 Å². The molecule has 0 spiro atoms. The molecule has 1 aromatic carbocycles. The lowest BCUT2D eigenvalue weighted by atomic mass is 10.2. The molecule has 3 aromatic heterocycles. The van der Waals surface area contributed by atoms with Gasteiger partial charge in [-0.2, -0.15) is 9.97 Å². The maximum absolute atomic E-state index is 4.74. The number of hydrogen-bond acceptors (Lipinski definition) is 6. The summed E-state index contributed by atoms with van der Waals surface area (Å²) < 4.78 is 2.07. The number of nitrogens with one attached hydrogen (secondary N) is 2. The fourth-order valence-electron chi connectivity index (χ4n) is 3.15. The van der Waals surface area contributed by atoms with E-state index in [0.717, 1.165) is 33.6 Å². The highest BCUT2D eigenvalue weighted by Gasteiger charge is 2.24. The van der Waals surface area contributed by atoms with E-state index in [1.54, 1.807) is 6.20 Å². The van der Waals surface area contributed by atoms with Crippen molar-refractivity contribution >= 4 is 39.5 Å². The molecule has 0 atom stereocenters. The van der Waals surface area contributed by atoms with Gasteiger partial charge in [0, 0.05) is 29.4 Å². The first-order valence-corrected chi connectivity index (χ1v) is 9.30. The van der Waals surface area contributed by atoms with Gasteiger partial charge in [0.15, 0.2) is 17.0 Å². The molecule has 1 fully saturated rings. The van der Waals surface area contributed by atoms with Gasteiger partial charge < -0.3 is 15.2 Å². The third-order valence-electron chi connectivity index (χ3n) is 4.76. The molecule has 7 nitrogen and oxygen atoms in total. The molecule has 4 aromatic rings. The standard InChI is InChI=1S/C20H21N7/c1-12(2)27-11-22-17-18(23-14-5-6-14)25-20(26-19(17)27)24-15-7-8-16-13(10-15)4-3-9-21-16/h3-4,7-12,14H,5-6H2,1-2H3,(H2,23,24,25,26). The Kier molecular flexibility index (Phi) is 3.67. The second-order valence-corrected chi connectivity index (χ2v) is 7.27. The normalized spacial score (nSPS) is 14.2. The topological polar surface area (TPSA) is 80.5 Å². The van der Waals surface area contributed by atoms with Gasteiger partial charge in [-0.3, -0.25) is 4.98 Å². The van der Waals surface area contributed by atoms with Crippen LogP contribution in [0.5, 0.6) is 0 Å². The van der Waals surface area contributed by atoms with E-state index in [1.165, 1.54) is 12.8 Å². The number of hydrogen-bond donors (Lipinski definition) is 2. The lowest BCUT2D eigenvalue weighted by Crippen LogP contribution is -2.08. The number of pyridine rings is 1. The van der Waals surface area contributed by atoms with Crippen molar-refractivity contribution in [3.8, 4) is 0 Å². The van der Waals surface area contributed by atoms with Crippen molar-refractivity contribution in [3.05, 3.63) is 42.9 Å². The SMILES string of the molecule is CC(C)n1cnc2c(NC3CC3)nc(Nc3ccc4ncccc4c3)nc21. The fraction of sp³-hybridized carbons (Fsp3) is 0.300. The first-order valence-electron chi connectivity index (χ1n) is 9.30. The Labute approximate surface area is 156 Å². The minimum atomic E-state index is 0.276. The molecule has 7 heteroatoms. The van der Waals surface area contributed by atoms with Gasteiger partial charge >= 0.3 is 0 Å². The molecule has 1 aliphatic carbocycles. The lowest BCUT2D eigenvalue weighted by molar-refractivity contribution is 0.613. The molecule has 27 heavy (non-hydrogen) atoms. The van der Waals surface area contributed by atoms with Crippen LogP contribution in [0.1, 0.15) is 32.7 Å². The van der Waals surface area contributed by atoms with E-state index >= 15 is 0 Å². The molecular formula is C20H21N7. The minimum absolute atomic E-state index is 0.276. The maximum Gasteiger partial charge on any atom is 0.231 e. The van der Waals surface area contributed by atoms with Crippen molar-refractivity contribution in [1.82, 2.24) is 24.5 Å². The summed E-state index contributed by atoms with van der Waals surface area (Å²) in [5.41, 5.74) is 3.56. The minimum Gasteiger partial charge on any atom is -0.365 e. The van der Waals surface area contributed by atoms with E-state index in [0.29, 0.717) is 12.0 Å². The van der Waals surface area contributed by atoms with Crippen LogP contribution in [0.2, 0.25) is 0 Å². The summed E-state index contributed by atoms with van der Waals surface area (Å²) in [6, 6.07) is 10.8. The summed E-state index contributed by atoms with van der Waals surface area (Å²) >= 11 is 0. The van der Waals surface area contributed by atoms with Gasteiger partial charge in [0.05, 0.1) is 11.8 Å². The average molecular weight is 359 g/mol. The molecule has 0 amide bonds. The highest BCUT2D eigenvalue weighted by atomic mass is 15.2. The molecule has 3 heterocycles. The zero-order chi connectivity index (χ0) is 18.4. The zero-order valence-electron chi connectivity index (χ0n) is 15.3. The van der Waals surface area contributed by atoms with Crippen LogP contribution < -0.4 is 10.6 Å². The molecule has 2 N–H and O–H groups in total. The largest absolute Gasteiger partial charge is 0.365 e. The third kappa shape index (κ3) is 3.05. The van der Waals surface area contributed by atoms with Crippen molar-refractivity contribution in [2.24, 2.45) is 0 Å². The second kappa shape index (κ2) is 6.19. The van der Waals surface area contributed by atoms with Crippen molar-refractivity contribution < 1.29 is 0 Å². The Morgan fingerprint density at radius 1 is 1.11 bits per heavy atom. The predicted octanol–water partition coefficient (Wildman–Crippen LogP) is 4.27. The van der Waals surface area contributed by atoms with E-state index in [9.17, 15) is 0 Å². The van der Waals surface area contributed by atoms with Gasteiger partial charge in [-0.05, 0) is 51.0 Å². The number of benzene rings is 1. The van der Waals surface area contributed by atoms with E-state index in [1.807, 2.05) is 30.6 Å². The fourth-order valence-corrected chi connectivity index (χ4v) is 3.15. The Morgan fingerprint density at radius 2 is 2.00 bits per heavy atom. The molecule has 1 saturated carbocycles. The number of nitrogens with zero attached hydrogens (tertiary/aromatic N) is 5. The highest BCUT2D eigenvalue weighted by molar-refractivity contribution is 5.86. The Morgan fingerprint density at radius 3 is 2.81 bits per heavy atom. The van der Waals surface area contributed by atoms with Crippen LogP contribution in [0.4, 0.5) is 17.5 Å². The van der Waals surface area contributed by atoms with E-state index < -0.39 is 0 Å². The summed E-state index contributed by atoms with van der Waals surface area (Å²) in [4.78, 5) is 18.4. The number of aromatic nitrogens is 5. The van der Waals surface area contributed by atoms with Gasteiger partial charge in [-0.15, -0.1) is 0 Å². The maximum atomic E-state index is 4.74. The van der Waals surface area contributed by atoms with Crippen LogP contribution in [-0.4, -0.2) is 30.5 Å². The summed E-state index contributed by atoms with van der Waals surface area (Å²) in [7, 11) is 0. The quantitative estimate of drug-likeness (QED) is 0.554. The number of anilines is 3. The monoisotopic (exact) mass is 359 g/mol. The smallest absolute Gasteiger partial charge is 0.231 e. The Hall–Kier alpha value is -3.22. The van der Waals surface area contributed by atoms with Crippen LogP contribution in [0.3, 0.4) is 0 Å². The molecular weight excluding hydrogens is 338 g/mol. The molecule has 0 unspecified atom stereocenters. The number of fused-ring (bicyclic) bond motifs is 2. The van der Waals surface area contributed by atoms with Gasteiger partial charge in [0.2, 0.25) is 5.95 Å². The first kappa shape index (κ1) is 16.0. The summed E-state index contributed by atoms with van der Waals surface area (Å²) in [6.45, 7) is 4.25. The van der Waals surface area contributed by atoms with E-state index in [4.69, 9.17) is 9.97 Å². The van der Waals surface area contributed by atoms with Crippen LogP contribution in [0.25, 0.3) is 22.1 Å². The Balaban J connectivity index is 1.57. The van der Waals surface area contributed by atoms with Crippen LogP contribution in [0.15, 0.2) is 42.9 Å². The average Bonchev–Trinajstić information content (AvgIpc) is 3.37. The van der Waals surface area contributed by atoms with Crippen molar-refractivity contribution in [2.75, 3.05) is 10.6 Å². The molecule has 0 aliphatic heterocycles. The molecule has 0 radical (unpaired) electrons. The first-order chi connectivity index (χ1) is 13.2.